The van der Waals surface area contributed by atoms with Gasteiger partial charge in [0.15, 0.2) is 16.7 Å². The lowest BCUT2D eigenvalue weighted by atomic mass is 10.2. The molecule has 0 aromatic carbocycles. The molecular weight excluding hydrogens is 260 g/mol. The first-order valence-corrected chi connectivity index (χ1v) is 7.17. The Bertz CT molecular complexity index is 554. The van der Waals surface area contributed by atoms with Crippen LogP contribution in [0.4, 0.5) is 0 Å². The van der Waals surface area contributed by atoms with Gasteiger partial charge in [-0.1, -0.05) is 25.6 Å². The molecule has 0 aliphatic carbocycles. The summed E-state index contributed by atoms with van der Waals surface area (Å²) in [6, 6.07) is 5.85. The van der Waals surface area contributed by atoms with E-state index in [1.54, 1.807) is 18.0 Å². The molecule has 2 aromatic heterocycles. The van der Waals surface area contributed by atoms with E-state index in [1.807, 2.05) is 12.1 Å². The van der Waals surface area contributed by atoms with Crippen LogP contribution in [0.3, 0.4) is 0 Å². The topological polar surface area (TPSA) is 67.6 Å². The molecule has 0 spiro atoms. The number of furan rings is 1. The Hall–Kier alpha value is -1.74. The van der Waals surface area contributed by atoms with E-state index in [2.05, 4.69) is 34.7 Å². The Morgan fingerprint density at radius 1 is 1.47 bits per heavy atom. The highest BCUT2D eigenvalue weighted by molar-refractivity contribution is 7.99. The van der Waals surface area contributed by atoms with E-state index in [0.717, 1.165) is 29.0 Å². The van der Waals surface area contributed by atoms with Gasteiger partial charge in [0.1, 0.15) is 0 Å². The third-order valence-electron chi connectivity index (χ3n) is 2.45. The van der Waals surface area contributed by atoms with Crippen LogP contribution < -0.4 is 0 Å². The molecular formula is C13H16N4OS. The standard InChI is InChI=1S/C13H16N4OS/c1-10(2)9-17-12(11-5-3-7-18-11)15-16-13(17)19-8-4-6-14/h3,5,7,10H,4,8-9H2,1-2H3. The molecule has 100 valence electrons. The lowest BCUT2D eigenvalue weighted by Crippen LogP contribution is -2.07. The summed E-state index contributed by atoms with van der Waals surface area (Å²) in [6.07, 6.45) is 2.14. The molecule has 2 heterocycles. The monoisotopic (exact) mass is 276 g/mol. The molecule has 0 aliphatic rings. The molecule has 2 rings (SSSR count). The Balaban J connectivity index is 2.26. The zero-order chi connectivity index (χ0) is 13.7. The van der Waals surface area contributed by atoms with Gasteiger partial charge in [0.25, 0.3) is 0 Å². The highest BCUT2D eigenvalue weighted by Gasteiger charge is 2.16. The first-order valence-electron chi connectivity index (χ1n) is 6.19. The van der Waals surface area contributed by atoms with Crippen LogP contribution in [-0.2, 0) is 6.54 Å². The smallest absolute Gasteiger partial charge is 0.200 e. The normalized spacial score (nSPS) is 10.8. The molecule has 0 atom stereocenters. The number of thioether (sulfide) groups is 1. The molecule has 0 saturated heterocycles. The zero-order valence-corrected chi connectivity index (χ0v) is 11.9. The van der Waals surface area contributed by atoms with Gasteiger partial charge in [-0.3, -0.25) is 4.57 Å². The average Bonchev–Trinajstić information content (AvgIpc) is 2.99. The maximum atomic E-state index is 8.59. The maximum absolute atomic E-state index is 8.59. The van der Waals surface area contributed by atoms with Gasteiger partial charge in [-0.15, -0.1) is 10.2 Å². The minimum absolute atomic E-state index is 0.486. The van der Waals surface area contributed by atoms with Gasteiger partial charge in [-0.25, -0.2) is 0 Å². The molecule has 0 fully saturated rings. The van der Waals surface area contributed by atoms with Crippen molar-refractivity contribution in [2.75, 3.05) is 5.75 Å². The van der Waals surface area contributed by atoms with Crippen LogP contribution in [0.1, 0.15) is 20.3 Å². The fraction of sp³-hybridized carbons (Fsp3) is 0.462. The van der Waals surface area contributed by atoms with Crippen LogP contribution in [0.15, 0.2) is 28.0 Å². The van der Waals surface area contributed by atoms with Crippen LogP contribution in [0.5, 0.6) is 0 Å². The summed E-state index contributed by atoms with van der Waals surface area (Å²) in [5.74, 6) is 2.68. The third-order valence-corrected chi connectivity index (χ3v) is 3.42. The van der Waals surface area contributed by atoms with Crippen molar-refractivity contribution < 1.29 is 4.42 Å². The van der Waals surface area contributed by atoms with Crippen LogP contribution in [-0.4, -0.2) is 20.5 Å². The van der Waals surface area contributed by atoms with E-state index in [1.165, 1.54) is 0 Å². The summed E-state index contributed by atoms with van der Waals surface area (Å²) < 4.78 is 7.46. The second-order valence-corrected chi connectivity index (χ2v) is 5.61. The molecule has 0 unspecified atom stereocenters. The lowest BCUT2D eigenvalue weighted by Gasteiger charge is -2.10. The minimum atomic E-state index is 0.486. The summed E-state index contributed by atoms with van der Waals surface area (Å²) in [7, 11) is 0. The van der Waals surface area contributed by atoms with E-state index in [4.69, 9.17) is 9.68 Å². The molecule has 0 amide bonds. The van der Waals surface area contributed by atoms with Crippen LogP contribution in [0, 0.1) is 17.2 Å². The van der Waals surface area contributed by atoms with Gasteiger partial charge >= 0.3 is 0 Å². The number of rotatable bonds is 6. The highest BCUT2D eigenvalue weighted by atomic mass is 32.2. The minimum Gasteiger partial charge on any atom is -0.461 e. The predicted octanol–water partition coefficient (Wildman–Crippen LogP) is 3.20. The van der Waals surface area contributed by atoms with Gasteiger partial charge in [-0.05, 0) is 18.1 Å². The molecule has 2 aromatic rings. The van der Waals surface area contributed by atoms with Crippen LogP contribution >= 0.6 is 11.8 Å². The van der Waals surface area contributed by atoms with Crippen molar-refractivity contribution >= 4 is 11.8 Å². The summed E-state index contributed by atoms with van der Waals surface area (Å²) in [6.45, 7) is 5.13. The fourth-order valence-corrected chi connectivity index (χ4v) is 2.49. The molecule has 6 heteroatoms. The predicted molar refractivity (Wildman–Crippen MR) is 73.5 cm³/mol. The Morgan fingerprint density at radius 3 is 2.95 bits per heavy atom. The van der Waals surface area contributed by atoms with Gasteiger partial charge in [-0.2, -0.15) is 5.26 Å². The van der Waals surface area contributed by atoms with Crippen molar-refractivity contribution in [1.82, 2.24) is 14.8 Å². The van der Waals surface area contributed by atoms with Gasteiger partial charge in [0.2, 0.25) is 0 Å². The van der Waals surface area contributed by atoms with Crippen molar-refractivity contribution in [2.24, 2.45) is 5.92 Å². The summed E-state index contributed by atoms with van der Waals surface area (Å²) in [5.41, 5.74) is 0. The Labute approximate surface area is 116 Å². The van der Waals surface area contributed by atoms with E-state index >= 15 is 0 Å². The van der Waals surface area contributed by atoms with Crippen molar-refractivity contribution in [1.29, 1.82) is 5.26 Å². The molecule has 0 radical (unpaired) electrons. The molecule has 0 saturated carbocycles. The quantitative estimate of drug-likeness (QED) is 0.598. The Morgan fingerprint density at radius 2 is 2.32 bits per heavy atom. The maximum Gasteiger partial charge on any atom is 0.200 e. The number of hydrogen-bond donors (Lipinski definition) is 0. The Kier molecular flexibility index (Phi) is 4.63. The van der Waals surface area contributed by atoms with Crippen molar-refractivity contribution in [2.45, 2.75) is 32.0 Å². The van der Waals surface area contributed by atoms with Crippen molar-refractivity contribution in [3.63, 3.8) is 0 Å². The molecule has 0 bridgehead atoms. The summed E-state index contributed by atoms with van der Waals surface area (Å²) >= 11 is 1.56. The molecule has 0 N–H and O–H groups in total. The second-order valence-electron chi connectivity index (χ2n) is 4.54. The van der Waals surface area contributed by atoms with Crippen LogP contribution in [0.25, 0.3) is 11.6 Å². The highest BCUT2D eigenvalue weighted by Crippen LogP contribution is 2.25. The number of hydrogen-bond acceptors (Lipinski definition) is 5. The summed E-state index contributed by atoms with van der Waals surface area (Å²) in [4.78, 5) is 0. The van der Waals surface area contributed by atoms with E-state index in [0.29, 0.717) is 12.3 Å². The van der Waals surface area contributed by atoms with Gasteiger partial charge in [0, 0.05) is 18.7 Å². The zero-order valence-electron chi connectivity index (χ0n) is 11.0. The third kappa shape index (κ3) is 3.38. The van der Waals surface area contributed by atoms with Gasteiger partial charge < -0.3 is 4.42 Å². The number of aromatic nitrogens is 3. The lowest BCUT2D eigenvalue weighted by molar-refractivity contribution is 0.489. The largest absolute Gasteiger partial charge is 0.461 e. The average molecular weight is 276 g/mol. The SMILES string of the molecule is CC(C)Cn1c(SCCC#N)nnc1-c1ccco1. The summed E-state index contributed by atoms with van der Waals surface area (Å²) in [5, 5.41) is 17.8. The molecule has 5 nitrogen and oxygen atoms in total. The molecule has 19 heavy (non-hydrogen) atoms. The van der Waals surface area contributed by atoms with Crippen LogP contribution in [0.2, 0.25) is 0 Å². The number of nitriles is 1. The molecule has 0 aliphatic heterocycles. The fourth-order valence-electron chi connectivity index (χ4n) is 1.70. The van der Waals surface area contributed by atoms with Gasteiger partial charge in [0.05, 0.1) is 12.3 Å². The first-order chi connectivity index (χ1) is 9.22. The first kappa shape index (κ1) is 13.7. The van der Waals surface area contributed by atoms with E-state index in [9.17, 15) is 0 Å². The second kappa shape index (κ2) is 6.43. The van der Waals surface area contributed by atoms with Crippen molar-refractivity contribution in [3.05, 3.63) is 18.4 Å². The van der Waals surface area contributed by atoms with E-state index in [-0.39, 0.29) is 0 Å². The number of nitrogens with zero attached hydrogens (tertiary/aromatic N) is 4. The van der Waals surface area contributed by atoms with E-state index < -0.39 is 0 Å². The van der Waals surface area contributed by atoms with Crippen molar-refractivity contribution in [3.8, 4) is 17.7 Å².